The lowest BCUT2D eigenvalue weighted by Gasteiger charge is -2.35. The molecular formula is C18H22N2OS. The van der Waals surface area contributed by atoms with Crippen LogP contribution in [0.5, 0.6) is 0 Å². The van der Waals surface area contributed by atoms with Crippen LogP contribution in [0.15, 0.2) is 36.5 Å². The van der Waals surface area contributed by atoms with E-state index in [4.69, 9.17) is 0 Å². The number of hydrogen-bond donors (Lipinski definition) is 0. The van der Waals surface area contributed by atoms with E-state index in [1.165, 1.54) is 23.3 Å². The van der Waals surface area contributed by atoms with Crippen LogP contribution in [-0.4, -0.2) is 28.4 Å². The van der Waals surface area contributed by atoms with Gasteiger partial charge in [-0.1, -0.05) is 30.3 Å². The number of aryl methyl sites for hydroxylation is 2. The molecule has 1 saturated heterocycles. The number of hydrogen-bond acceptors (Lipinski definition) is 3. The van der Waals surface area contributed by atoms with Gasteiger partial charge in [-0.15, -0.1) is 11.3 Å². The summed E-state index contributed by atoms with van der Waals surface area (Å²) in [7, 11) is 0. The minimum atomic E-state index is 0.170. The van der Waals surface area contributed by atoms with Crippen LogP contribution < -0.4 is 0 Å². The van der Waals surface area contributed by atoms with Crippen molar-refractivity contribution in [1.82, 2.24) is 9.88 Å². The fourth-order valence-electron chi connectivity index (χ4n) is 3.15. The third-order valence-electron chi connectivity index (χ3n) is 4.33. The van der Waals surface area contributed by atoms with Gasteiger partial charge in [0, 0.05) is 12.6 Å². The molecule has 2 heterocycles. The molecule has 2 aromatic rings. The molecule has 1 aromatic heterocycles. The molecule has 1 aliphatic heterocycles. The fourth-order valence-corrected chi connectivity index (χ4v) is 3.88. The molecule has 0 N–H and O–H groups in total. The average molecular weight is 314 g/mol. The molecule has 3 nitrogen and oxygen atoms in total. The Balaban J connectivity index is 1.67. The van der Waals surface area contributed by atoms with Crippen LogP contribution in [0.1, 0.15) is 45.9 Å². The first-order valence-corrected chi connectivity index (χ1v) is 8.83. The summed E-state index contributed by atoms with van der Waals surface area (Å²) in [5, 5.41) is 0.959. The number of piperidine rings is 1. The maximum atomic E-state index is 12.7. The summed E-state index contributed by atoms with van der Waals surface area (Å²) in [6.07, 6.45) is 7.28. The minimum Gasteiger partial charge on any atom is -0.335 e. The summed E-state index contributed by atoms with van der Waals surface area (Å²) in [4.78, 5) is 19.8. The first-order valence-electron chi connectivity index (χ1n) is 8.01. The monoisotopic (exact) mass is 314 g/mol. The molecule has 1 unspecified atom stereocenters. The summed E-state index contributed by atoms with van der Waals surface area (Å²) in [6, 6.07) is 10.9. The van der Waals surface area contributed by atoms with Crippen molar-refractivity contribution in [1.29, 1.82) is 0 Å². The molecule has 1 aromatic carbocycles. The molecule has 22 heavy (non-hydrogen) atoms. The van der Waals surface area contributed by atoms with E-state index in [9.17, 15) is 4.79 Å². The third-order valence-corrected chi connectivity index (χ3v) is 5.23. The van der Waals surface area contributed by atoms with Gasteiger partial charge in [-0.3, -0.25) is 4.79 Å². The highest BCUT2D eigenvalue weighted by Gasteiger charge is 2.28. The van der Waals surface area contributed by atoms with Crippen LogP contribution >= 0.6 is 11.3 Å². The van der Waals surface area contributed by atoms with Gasteiger partial charge in [0.25, 0.3) is 5.91 Å². The predicted octanol–water partition coefficient (Wildman–Crippen LogP) is 4.08. The van der Waals surface area contributed by atoms with Crippen LogP contribution in [-0.2, 0) is 6.42 Å². The molecule has 1 fully saturated rings. The number of aromatic nitrogens is 1. The molecule has 0 saturated carbocycles. The van der Waals surface area contributed by atoms with Gasteiger partial charge in [-0.2, -0.15) is 0 Å². The van der Waals surface area contributed by atoms with Crippen LogP contribution in [0.2, 0.25) is 0 Å². The lowest BCUT2D eigenvalue weighted by Crippen LogP contribution is -2.43. The Labute approximate surface area is 136 Å². The third kappa shape index (κ3) is 3.55. The van der Waals surface area contributed by atoms with Gasteiger partial charge in [-0.05, 0) is 44.6 Å². The highest BCUT2D eigenvalue weighted by atomic mass is 32.1. The Hall–Kier alpha value is -1.68. The van der Waals surface area contributed by atoms with Crippen molar-refractivity contribution in [2.45, 2.75) is 45.1 Å². The zero-order valence-corrected chi connectivity index (χ0v) is 13.8. The second-order valence-corrected chi connectivity index (χ2v) is 7.15. The molecule has 1 aliphatic rings. The summed E-state index contributed by atoms with van der Waals surface area (Å²) in [5.41, 5.74) is 1.36. The lowest BCUT2D eigenvalue weighted by atomic mass is 9.95. The number of carbonyl (C=O) groups excluding carboxylic acids is 1. The van der Waals surface area contributed by atoms with Crippen LogP contribution in [0.25, 0.3) is 0 Å². The van der Waals surface area contributed by atoms with E-state index in [-0.39, 0.29) is 5.91 Å². The van der Waals surface area contributed by atoms with Crippen molar-refractivity contribution in [3.63, 3.8) is 0 Å². The Kier molecular flexibility index (Phi) is 4.88. The maximum absolute atomic E-state index is 12.7. The summed E-state index contributed by atoms with van der Waals surface area (Å²) >= 11 is 1.50. The molecule has 116 valence electrons. The number of likely N-dealkylation sites (tertiary alicyclic amines) is 1. The molecule has 0 aliphatic carbocycles. The van der Waals surface area contributed by atoms with Gasteiger partial charge < -0.3 is 4.90 Å². The largest absolute Gasteiger partial charge is 0.335 e. The minimum absolute atomic E-state index is 0.170. The zero-order chi connectivity index (χ0) is 15.4. The Morgan fingerprint density at radius 3 is 2.86 bits per heavy atom. The van der Waals surface area contributed by atoms with E-state index >= 15 is 0 Å². The number of benzene rings is 1. The molecule has 0 spiro atoms. The van der Waals surface area contributed by atoms with Crippen molar-refractivity contribution in [3.8, 4) is 0 Å². The van der Waals surface area contributed by atoms with E-state index in [1.807, 2.05) is 13.0 Å². The van der Waals surface area contributed by atoms with Gasteiger partial charge in [0.05, 0.1) is 11.2 Å². The number of thiazole rings is 1. The molecule has 1 amide bonds. The first kappa shape index (κ1) is 15.2. The summed E-state index contributed by atoms with van der Waals surface area (Å²) in [5.74, 6) is 0.170. The molecule has 0 radical (unpaired) electrons. The highest BCUT2D eigenvalue weighted by molar-refractivity contribution is 7.13. The number of amides is 1. The SMILES string of the molecule is Cc1ncc(C(=O)N2CCCCC2CCc2ccccc2)s1. The van der Waals surface area contributed by atoms with E-state index in [0.29, 0.717) is 6.04 Å². The van der Waals surface area contributed by atoms with Gasteiger partial charge in [0.1, 0.15) is 4.88 Å². The quantitative estimate of drug-likeness (QED) is 0.852. The number of carbonyl (C=O) groups is 1. The van der Waals surface area contributed by atoms with Gasteiger partial charge in [-0.25, -0.2) is 4.98 Å². The Bertz CT molecular complexity index is 623. The Morgan fingerprint density at radius 2 is 2.14 bits per heavy atom. The second kappa shape index (κ2) is 7.05. The van der Waals surface area contributed by atoms with Gasteiger partial charge in [0.15, 0.2) is 0 Å². The molecule has 3 rings (SSSR count). The standard InChI is InChI=1S/C18H22N2OS/c1-14-19-13-17(22-14)18(21)20-12-6-5-9-16(20)11-10-15-7-3-2-4-8-15/h2-4,7-8,13,16H,5-6,9-12H2,1H3. The van der Waals surface area contributed by atoms with Crippen molar-refractivity contribution in [2.24, 2.45) is 0 Å². The topological polar surface area (TPSA) is 33.2 Å². The van der Waals surface area contributed by atoms with Crippen LogP contribution in [0, 0.1) is 6.92 Å². The van der Waals surface area contributed by atoms with Crippen molar-refractivity contribution < 1.29 is 4.79 Å². The average Bonchev–Trinajstić information content (AvgIpc) is 3.00. The number of rotatable bonds is 4. The first-order chi connectivity index (χ1) is 10.7. The summed E-state index contributed by atoms with van der Waals surface area (Å²) in [6.45, 7) is 2.83. The highest BCUT2D eigenvalue weighted by Crippen LogP contribution is 2.25. The van der Waals surface area contributed by atoms with Crippen molar-refractivity contribution >= 4 is 17.2 Å². The smallest absolute Gasteiger partial charge is 0.265 e. The summed E-state index contributed by atoms with van der Waals surface area (Å²) < 4.78 is 0. The van der Waals surface area contributed by atoms with E-state index in [2.05, 4.69) is 34.1 Å². The van der Waals surface area contributed by atoms with Crippen LogP contribution in [0.3, 0.4) is 0 Å². The van der Waals surface area contributed by atoms with Gasteiger partial charge >= 0.3 is 0 Å². The van der Waals surface area contributed by atoms with Crippen molar-refractivity contribution in [2.75, 3.05) is 6.54 Å². The van der Waals surface area contributed by atoms with E-state index in [0.717, 1.165) is 42.1 Å². The van der Waals surface area contributed by atoms with E-state index < -0.39 is 0 Å². The predicted molar refractivity (Wildman–Crippen MR) is 90.3 cm³/mol. The molecule has 4 heteroatoms. The zero-order valence-electron chi connectivity index (χ0n) is 13.0. The molecule has 1 atom stereocenters. The number of nitrogens with zero attached hydrogens (tertiary/aromatic N) is 2. The van der Waals surface area contributed by atoms with Crippen LogP contribution in [0.4, 0.5) is 0 Å². The maximum Gasteiger partial charge on any atom is 0.265 e. The van der Waals surface area contributed by atoms with E-state index in [1.54, 1.807) is 6.20 Å². The Morgan fingerprint density at radius 1 is 1.32 bits per heavy atom. The van der Waals surface area contributed by atoms with Crippen molar-refractivity contribution in [3.05, 3.63) is 52.0 Å². The second-order valence-electron chi connectivity index (χ2n) is 5.92. The van der Waals surface area contributed by atoms with Gasteiger partial charge in [0.2, 0.25) is 0 Å². The lowest BCUT2D eigenvalue weighted by molar-refractivity contribution is 0.0606. The fraction of sp³-hybridized carbons (Fsp3) is 0.444. The normalized spacial score (nSPS) is 18.4. The molecule has 0 bridgehead atoms. The molecular weight excluding hydrogens is 292 g/mol.